The van der Waals surface area contributed by atoms with Crippen molar-refractivity contribution in [2.75, 3.05) is 7.05 Å². The molecule has 10 heavy (non-hydrogen) atoms. The van der Waals surface area contributed by atoms with Crippen LogP contribution in [0.15, 0.2) is 0 Å². The Kier molecular flexibility index (Phi) is 1.29. The number of hydrogen-bond donors (Lipinski definition) is 1. The quantitative estimate of drug-likeness (QED) is 0.581. The fourth-order valence-corrected chi connectivity index (χ4v) is 0.824. The summed E-state index contributed by atoms with van der Waals surface area (Å²) >= 11 is 0. The molecule has 0 aromatic carbocycles. The number of nitrogens with zero attached hydrogens (tertiary/aromatic N) is 2. The molecule has 0 aromatic rings. The lowest BCUT2D eigenvalue weighted by Crippen LogP contribution is -2.36. The van der Waals surface area contributed by atoms with Gasteiger partial charge < -0.3 is 5.11 Å². The number of amides is 1. The maximum absolute atomic E-state index is 10.3. The molecule has 4 nitrogen and oxygen atoms in total. The zero-order valence-electron chi connectivity index (χ0n) is 5.66. The van der Waals surface area contributed by atoms with Gasteiger partial charge in [-0.1, -0.05) is 0 Å². The minimum atomic E-state index is -1.03. The summed E-state index contributed by atoms with van der Waals surface area (Å²) in [4.78, 5) is 11.4. The zero-order chi connectivity index (χ0) is 7.78. The summed E-state index contributed by atoms with van der Waals surface area (Å²) in [6.45, 7) is 0. The fourth-order valence-electron chi connectivity index (χ4n) is 0.824. The summed E-state index contributed by atoms with van der Waals surface area (Å²) in [5.41, 5.74) is -0.689. The van der Waals surface area contributed by atoms with Gasteiger partial charge in [-0.25, -0.2) is 4.79 Å². The van der Waals surface area contributed by atoms with E-state index in [0.717, 1.165) is 4.90 Å². The van der Waals surface area contributed by atoms with E-state index >= 15 is 0 Å². The average molecular weight is 140 g/mol. The van der Waals surface area contributed by atoms with Gasteiger partial charge in [0.15, 0.2) is 0 Å². The molecule has 4 heteroatoms. The van der Waals surface area contributed by atoms with Gasteiger partial charge in [0.1, 0.15) is 5.54 Å². The standard InChI is InChI=1S/C6H8N2O2/c1-8(5(9)10)6(4-7)2-3-6/h2-3H2,1H3,(H,9,10). The number of rotatable bonds is 1. The maximum atomic E-state index is 10.3. The lowest BCUT2D eigenvalue weighted by molar-refractivity contribution is 0.143. The third-order valence-electron chi connectivity index (χ3n) is 1.86. The van der Waals surface area contributed by atoms with Crippen LogP contribution in [0.3, 0.4) is 0 Å². The third-order valence-corrected chi connectivity index (χ3v) is 1.86. The molecule has 1 fully saturated rings. The van der Waals surface area contributed by atoms with Crippen molar-refractivity contribution >= 4 is 6.09 Å². The molecule has 1 amide bonds. The molecule has 0 heterocycles. The van der Waals surface area contributed by atoms with Crippen molar-refractivity contribution in [3.63, 3.8) is 0 Å². The van der Waals surface area contributed by atoms with E-state index in [4.69, 9.17) is 10.4 Å². The van der Waals surface area contributed by atoms with Gasteiger partial charge in [-0.2, -0.15) is 5.26 Å². The Morgan fingerprint density at radius 1 is 1.80 bits per heavy atom. The van der Waals surface area contributed by atoms with Gasteiger partial charge in [0.05, 0.1) is 6.07 Å². The van der Waals surface area contributed by atoms with Crippen LogP contribution in [0.5, 0.6) is 0 Å². The molecule has 0 aliphatic heterocycles. The molecule has 1 rings (SSSR count). The molecule has 1 aliphatic rings. The van der Waals surface area contributed by atoms with Crippen LogP contribution in [0, 0.1) is 11.3 Å². The minimum Gasteiger partial charge on any atom is -0.465 e. The number of nitriles is 1. The normalized spacial score (nSPS) is 19.2. The highest BCUT2D eigenvalue weighted by Gasteiger charge is 2.49. The Morgan fingerprint density at radius 2 is 2.30 bits per heavy atom. The van der Waals surface area contributed by atoms with E-state index in [9.17, 15) is 4.79 Å². The molecule has 0 atom stereocenters. The summed E-state index contributed by atoms with van der Waals surface area (Å²) in [7, 11) is 1.43. The lowest BCUT2D eigenvalue weighted by atomic mass is 10.3. The van der Waals surface area contributed by atoms with Gasteiger partial charge in [-0.05, 0) is 12.8 Å². The topological polar surface area (TPSA) is 64.3 Å². The zero-order valence-corrected chi connectivity index (χ0v) is 5.66. The highest BCUT2D eigenvalue weighted by Crippen LogP contribution is 2.39. The largest absolute Gasteiger partial charge is 0.465 e. The highest BCUT2D eigenvalue weighted by molar-refractivity contribution is 5.67. The number of hydrogen-bond acceptors (Lipinski definition) is 2. The van der Waals surface area contributed by atoms with E-state index in [1.807, 2.05) is 6.07 Å². The van der Waals surface area contributed by atoms with Crippen molar-refractivity contribution in [2.24, 2.45) is 0 Å². The molecule has 1 saturated carbocycles. The van der Waals surface area contributed by atoms with E-state index in [2.05, 4.69) is 0 Å². The minimum absolute atomic E-state index is 0.673. The molecule has 1 N–H and O–H groups in total. The van der Waals surface area contributed by atoms with Crippen LogP contribution in [-0.2, 0) is 0 Å². The van der Waals surface area contributed by atoms with E-state index in [-0.39, 0.29) is 0 Å². The maximum Gasteiger partial charge on any atom is 0.408 e. The second-order valence-corrected chi connectivity index (χ2v) is 2.48. The molecule has 0 aromatic heterocycles. The van der Waals surface area contributed by atoms with Crippen LogP contribution in [0.2, 0.25) is 0 Å². The first-order valence-corrected chi connectivity index (χ1v) is 3.00. The van der Waals surface area contributed by atoms with Gasteiger partial charge in [0, 0.05) is 7.05 Å². The molecule has 1 aliphatic carbocycles. The Labute approximate surface area is 58.7 Å². The van der Waals surface area contributed by atoms with E-state index < -0.39 is 11.6 Å². The van der Waals surface area contributed by atoms with Gasteiger partial charge in [0.25, 0.3) is 0 Å². The van der Waals surface area contributed by atoms with Crippen molar-refractivity contribution in [1.82, 2.24) is 4.90 Å². The SMILES string of the molecule is CN(C(=O)O)C1(C#N)CC1. The molecular formula is C6H8N2O2. The van der Waals surface area contributed by atoms with Crippen molar-refractivity contribution < 1.29 is 9.90 Å². The summed E-state index contributed by atoms with van der Waals surface area (Å²) in [5.74, 6) is 0. The second-order valence-electron chi connectivity index (χ2n) is 2.48. The first-order chi connectivity index (χ1) is 4.62. The molecule has 0 radical (unpaired) electrons. The monoisotopic (exact) mass is 140 g/mol. The van der Waals surface area contributed by atoms with Gasteiger partial charge in [-0.15, -0.1) is 0 Å². The first kappa shape index (κ1) is 6.87. The van der Waals surface area contributed by atoms with Gasteiger partial charge >= 0.3 is 6.09 Å². The van der Waals surface area contributed by atoms with Gasteiger partial charge in [0.2, 0.25) is 0 Å². The average Bonchev–Trinajstić information content (AvgIpc) is 2.66. The third kappa shape index (κ3) is 0.798. The van der Waals surface area contributed by atoms with Crippen LogP contribution >= 0.6 is 0 Å². The van der Waals surface area contributed by atoms with Crippen molar-refractivity contribution in [3.05, 3.63) is 0 Å². The Bertz CT molecular complexity index is 202. The van der Waals surface area contributed by atoms with Crippen LogP contribution in [0.25, 0.3) is 0 Å². The first-order valence-electron chi connectivity index (χ1n) is 3.00. The summed E-state index contributed by atoms with van der Waals surface area (Å²) in [6, 6.07) is 1.98. The van der Waals surface area contributed by atoms with E-state index in [1.165, 1.54) is 7.05 Å². The summed E-state index contributed by atoms with van der Waals surface area (Å²) < 4.78 is 0. The molecule has 0 unspecified atom stereocenters. The van der Waals surface area contributed by atoms with Crippen molar-refractivity contribution in [2.45, 2.75) is 18.4 Å². The Balaban J connectivity index is 2.67. The molecule has 54 valence electrons. The summed E-state index contributed by atoms with van der Waals surface area (Å²) in [6.07, 6.45) is 0.317. The molecule has 0 spiro atoms. The van der Waals surface area contributed by atoms with Crippen molar-refractivity contribution in [3.8, 4) is 6.07 Å². The second kappa shape index (κ2) is 1.87. The smallest absolute Gasteiger partial charge is 0.408 e. The molecule has 0 saturated heterocycles. The fraction of sp³-hybridized carbons (Fsp3) is 0.667. The van der Waals surface area contributed by atoms with Gasteiger partial charge in [-0.3, -0.25) is 4.90 Å². The van der Waals surface area contributed by atoms with E-state index in [0.29, 0.717) is 12.8 Å². The van der Waals surface area contributed by atoms with E-state index in [1.54, 1.807) is 0 Å². The van der Waals surface area contributed by atoms with Crippen LogP contribution < -0.4 is 0 Å². The molecule has 0 bridgehead atoms. The summed E-state index contributed by atoms with van der Waals surface area (Å²) in [5, 5.41) is 17.0. The lowest BCUT2D eigenvalue weighted by Gasteiger charge is -2.17. The van der Waals surface area contributed by atoms with Crippen LogP contribution in [-0.4, -0.2) is 28.7 Å². The van der Waals surface area contributed by atoms with Crippen molar-refractivity contribution in [1.29, 1.82) is 5.26 Å². The van der Waals surface area contributed by atoms with Crippen LogP contribution in [0.4, 0.5) is 4.79 Å². The predicted octanol–water partition coefficient (Wildman–Crippen LogP) is 0.652. The number of carboxylic acid groups (broad SMARTS) is 1. The Hall–Kier alpha value is -1.24. The van der Waals surface area contributed by atoms with Crippen LogP contribution in [0.1, 0.15) is 12.8 Å². The number of carbonyl (C=O) groups is 1. The Morgan fingerprint density at radius 3 is 2.40 bits per heavy atom. The highest BCUT2D eigenvalue weighted by atomic mass is 16.4. The molecular weight excluding hydrogens is 132 g/mol. The predicted molar refractivity (Wildman–Crippen MR) is 33.4 cm³/mol.